The van der Waals surface area contributed by atoms with Crippen LogP contribution in [-0.2, 0) is 17.8 Å². The molecule has 0 saturated carbocycles. The number of hydrogen-bond acceptors (Lipinski definition) is 5. The molecule has 2 aromatic rings. The molecule has 0 aromatic heterocycles. The van der Waals surface area contributed by atoms with E-state index in [0.717, 1.165) is 23.3 Å². The highest BCUT2D eigenvalue weighted by atomic mass is 16.5. The molecule has 1 aliphatic rings. The molecule has 1 heterocycles. The maximum absolute atomic E-state index is 12.5. The van der Waals surface area contributed by atoms with Crippen LogP contribution in [0.4, 0.5) is 10.5 Å². The smallest absolute Gasteiger partial charge is 0.317 e. The van der Waals surface area contributed by atoms with Gasteiger partial charge >= 0.3 is 6.03 Å². The lowest BCUT2D eigenvalue weighted by molar-refractivity contribution is -0.116. The first-order chi connectivity index (χ1) is 14.5. The Bertz CT molecular complexity index is 898. The van der Waals surface area contributed by atoms with E-state index < -0.39 is 0 Å². The maximum atomic E-state index is 12.5. The van der Waals surface area contributed by atoms with Gasteiger partial charge in [-0.25, -0.2) is 4.79 Å². The molecule has 3 rings (SSSR count). The van der Waals surface area contributed by atoms with Gasteiger partial charge in [0, 0.05) is 31.7 Å². The summed E-state index contributed by atoms with van der Waals surface area (Å²) in [7, 11) is 4.79. The first kappa shape index (κ1) is 21.3. The van der Waals surface area contributed by atoms with Gasteiger partial charge in [-0.2, -0.15) is 0 Å². The Balaban J connectivity index is 1.48. The lowest BCUT2D eigenvalue weighted by Crippen LogP contribution is -2.43. The summed E-state index contributed by atoms with van der Waals surface area (Å²) in [5, 5.41) is 5.62. The molecular formula is C22H27N3O5. The fraction of sp³-hybridized carbons (Fsp3) is 0.364. The lowest BCUT2D eigenvalue weighted by Gasteiger charge is -2.29. The van der Waals surface area contributed by atoms with E-state index in [1.807, 2.05) is 12.1 Å². The first-order valence-corrected chi connectivity index (χ1v) is 9.74. The van der Waals surface area contributed by atoms with E-state index in [4.69, 9.17) is 14.2 Å². The molecule has 0 fully saturated rings. The highest BCUT2D eigenvalue weighted by Crippen LogP contribution is 2.33. The summed E-state index contributed by atoms with van der Waals surface area (Å²) >= 11 is 0. The van der Waals surface area contributed by atoms with Crippen LogP contribution < -0.4 is 24.8 Å². The topological polar surface area (TPSA) is 89.1 Å². The number of fused-ring (bicyclic) bond motifs is 1. The molecule has 0 bridgehead atoms. The van der Waals surface area contributed by atoms with Crippen molar-refractivity contribution in [2.24, 2.45) is 0 Å². The van der Waals surface area contributed by atoms with Crippen LogP contribution in [0.25, 0.3) is 0 Å². The van der Waals surface area contributed by atoms with Gasteiger partial charge in [0.05, 0.1) is 21.3 Å². The van der Waals surface area contributed by atoms with E-state index in [9.17, 15) is 9.59 Å². The molecule has 2 N–H and O–H groups in total. The molecule has 0 aliphatic carbocycles. The van der Waals surface area contributed by atoms with Crippen LogP contribution in [0.1, 0.15) is 17.5 Å². The molecule has 8 heteroatoms. The minimum Gasteiger partial charge on any atom is -0.497 e. The van der Waals surface area contributed by atoms with Gasteiger partial charge in [0.2, 0.25) is 5.91 Å². The van der Waals surface area contributed by atoms with Crippen LogP contribution >= 0.6 is 0 Å². The third-order valence-electron chi connectivity index (χ3n) is 5.01. The summed E-state index contributed by atoms with van der Waals surface area (Å²) in [6.07, 6.45) is 0.925. The maximum Gasteiger partial charge on any atom is 0.317 e. The Morgan fingerprint density at radius 3 is 2.27 bits per heavy atom. The van der Waals surface area contributed by atoms with Crippen molar-refractivity contribution >= 4 is 17.6 Å². The number of nitrogens with zero attached hydrogens (tertiary/aromatic N) is 1. The standard InChI is InChI=1S/C22H27N3O5/c1-28-18-6-4-17(5-7-18)24-21(26)8-10-23-22(27)25-11-9-15-12-19(29-2)20(30-3)13-16(15)14-25/h4-7,12-13H,8-11,14H2,1-3H3,(H,23,27)(H,24,26). The van der Waals surface area contributed by atoms with Crippen molar-refractivity contribution in [3.8, 4) is 17.2 Å². The van der Waals surface area contributed by atoms with Crippen molar-refractivity contribution in [3.63, 3.8) is 0 Å². The summed E-state index contributed by atoms with van der Waals surface area (Å²) in [5.74, 6) is 1.89. The number of amides is 3. The average Bonchev–Trinajstić information content (AvgIpc) is 2.78. The number of hydrogen-bond donors (Lipinski definition) is 2. The van der Waals surface area contributed by atoms with E-state index in [-0.39, 0.29) is 24.9 Å². The predicted octanol–water partition coefficient (Wildman–Crippen LogP) is 2.81. The molecule has 0 unspecified atom stereocenters. The molecule has 2 aromatic carbocycles. The fourth-order valence-electron chi connectivity index (χ4n) is 3.35. The Kier molecular flexibility index (Phi) is 7.00. The monoisotopic (exact) mass is 413 g/mol. The zero-order valence-electron chi connectivity index (χ0n) is 17.5. The van der Waals surface area contributed by atoms with E-state index in [1.165, 1.54) is 0 Å². The third-order valence-corrected chi connectivity index (χ3v) is 5.01. The molecule has 3 amide bonds. The Labute approximate surface area is 176 Å². The Hall–Kier alpha value is -3.42. The van der Waals surface area contributed by atoms with Crippen LogP contribution in [-0.4, -0.2) is 51.3 Å². The highest BCUT2D eigenvalue weighted by molar-refractivity contribution is 5.91. The van der Waals surface area contributed by atoms with Crippen molar-refractivity contribution in [1.29, 1.82) is 0 Å². The van der Waals surface area contributed by atoms with Gasteiger partial charge in [0.25, 0.3) is 0 Å². The quantitative estimate of drug-likeness (QED) is 0.729. The Morgan fingerprint density at radius 2 is 1.63 bits per heavy atom. The van der Waals surface area contributed by atoms with Crippen molar-refractivity contribution in [2.75, 3.05) is 39.7 Å². The van der Waals surface area contributed by atoms with Crippen LogP contribution in [0, 0.1) is 0 Å². The summed E-state index contributed by atoms with van der Waals surface area (Å²) in [4.78, 5) is 26.3. The number of anilines is 1. The van der Waals surface area contributed by atoms with Crippen molar-refractivity contribution in [1.82, 2.24) is 10.2 Å². The number of urea groups is 1. The first-order valence-electron chi connectivity index (χ1n) is 9.74. The summed E-state index contributed by atoms with van der Waals surface area (Å²) in [6.45, 7) is 1.35. The molecule has 1 aliphatic heterocycles. The van der Waals surface area contributed by atoms with Gasteiger partial charge in [0.1, 0.15) is 5.75 Å². The zero-order chi connectivity index (χ0) is 21.5. The zero-order valence-corrected chi connectivity index (χ0v) is 17.5. The molecule has 0 spiro atoms. The van der Waals surface area contributed by atoms with Gasteiger partial charge in [-0.3, -0.25) is 4.79 Å². The van der Waals surface area contributed by atoms with E-state index in [1.54, 1.807) is 50.5 Å². The second kappa shape index (κ2) is 9.87. The molecule has 0 saturated heterocycles. The number of methoxy groups -OCH3 is 3. The van der Waals surface area contributed by atoms with Crippen LogP contribution in [0.2, 0.25) is 0 Å². The number of benzene rings is 2. The van der Waals surface area contributed by atoms with E-state index >= 15 is 0 Å². The van der Waals surface area contributed by atoms with Crippen LogP contribution in [0.3, 0.4) is 0 Å². The minimum atomic E-state index is -0.187. The number of carbonyl (C=O) groups excluding carboxylic acids is 2. The predicted molar refractivity (Wildman–Crippen MR) is 113 cm³/mol. The molecular weight excluding hydrogens is 386 g/mol. The molecule has 0 atom stereocenters. The van der Waals surface area contributed by atoms with Crippen molar-refractivity contribution in [3.05, 3.63) is 47.5 Å². The van der Waals surface area contributed by atoms with Gasteiger partial charge in [-0.05, 0) is 53.9 Å². The third kappa shape index (κ3) is 5.14. The molecule has 30 heavy (non-hydrogen) atoms. The van der Waals surface area contributed by atoms with Gasteiger partial charge in [-0.15, -0.1) is 0 Å². The lowest BCUT2D eigenvalue weighted by atomic mass is 9.99. The molecule has 8 nitrogen and oxygen atoms in total. The average molecular weight is 413 g/mol. The SMILES string of the molecule is COc1ccc(NC(=O)CCNC(=O)N2CCc3cc(OC)c(OC)cc3C2)cc1. The largest absolute Gasteiger partial charge is 0.497 e. The van der Waals surface area contributed by atoms with Crippen LogP contribution in [0.5, 0.6) is 17.2 Å². The number of carbonyl (C=O) groups is 2. The van der Waals surface area contributed by atoms with Gasteiger partial charge in [0.15, 0.2) is 11.5 Å². The second-order valence-corrected chi connectivity index (χ2v) is 6.91. The fourth-order valence-corrected chi connectivity index (χ4v) is 3.35. The van der Waals surface area contributed by atoms with Crippen molar-refractivity contribution in [2.45, 2.75) is 19.4 Å². The number of nitrogens with one attached hydrogen (secondary N) is 2. The highest BCUT2D eigenvalue weighted by Gasteiger charge is 2.22. The van der Waals surface area contributed by atoms with Gasteiger partial charge in [-0.1, -0.05) is 0 Å². The van der Waals surface area contributed by atoms with Crippen LogP contribution in [0.15, 0.2) is 36.4 Å². The van der Waals surface area contributed by atoms with E-state index in [0.29, 0.717) is 30.3 Å². The summed E-state index contributed by atoms with van der Waals surface area (Å²) in [6, 6.07) is 10.8. The molecule has 0 radical (unpaired) electrons. The number of rotatable bonds is 7. The molecule has 160 valence electrons. The summed E-state index contributed by atoms with van der Waals surface area (Å²) < 4.78 is 15.8. The van der Waals surface area contributed by atoms with E-state index in [2.05, 4.69) is 10.6 Å². The second-order valence-electron chi connectivity index (χ2n) is 6.91. The normalized spacial score (nSPS) is 12.6. The van der Waals surface area contributed by atoms with Crippen molar-refractivity contribution < 1.29 is 23.8 Å². The van der Waals surface area contributed by atoms with Gasteiger partial charge < -0.3 is 29.7 Å². The summed E-state index contributed by atoms with van der Waals surface area (Å²) in [5.41, 5.74) is 2.87. The Morgan fingerprint density at radius 1 is 0.967 bits per heavy atom. The minimum absolute atomic E-state index is 0.165. The number of ether oxygens (including phenoxy) is 3.